The van der Waals surface area contributed by atoms with Gasteiger partial charge in [-0.2, -0.15) is 0 Å². The fraction of sp³-hybridized carbons (Fsp3) is 0.733. The zero-order chi connectivity index (χ0) is 12.3. The van der Waals surface area contributed by atoms with Crippen molar-refractivity contribution in [2.75, 3.05) is 0 Å². The maximum atomic E-state index is 5.73. The molecule has 1 heterocycles. The van der Waals surface area contributed by atoms with E-state index < -0.39 is 0 Å². The first-order valence-corrected chi connectivity index (χ1v) is 6.93. The van der Waals surface area contributed by atoms with Crippen molar-refractivity contribution >= 4 is 0 Å². The van der Waals surface area contributed by atoms with E-state index >= 15 is 0 Å². The van der Waals surface area contributed by atoms with Gasteiger partial charge in [0.2, 0.25) is 0 Å². The van der Waals surface area contributed by atoms with Gasteiger partial charge >= 0.3 is 0 Å². The Balaban J connectivity index is 1.88. The predicted molar refractivity (Wildman–Crippen MR) is 71.0 cm³/mol. The Morgan fingerprint density at radius 3 is 2.71 bits per heavy atom. The van der Waals surface area contributed by atoms with Gasteiger partial charge in [-0.3, -0.25) is 0 Å². The average molecular weight is 235 g/mol. The Labute approximate surface area is 105 Å². The van der Waals surface area contributed by atoms with Gasteiger partial charge < -0.3 is 9.73 Å². The molecule has 1 aliphatic carbocycles. The van der Waals surface area contributed by atoms with Crippen LogP contribution in [0.2, 0.25) is 0 Å². The second-order valence-corrected chi connectivity index (χ2v) is 5.89. The van der Waals surface area contributed by atoms with Crippen molar-refractivity contribution in [2.24, 2.45) is 5.41 Å². The summed E-state index contributed by atoms with van der Waals surface area (Å²) in [5.41, 5.74) is 0.429. The predicted octanol–water partition coefficient (Wildman–Crippen LogP) is 3.90. The summed E-state index contributed by atoms with van der Waals surface area (Å²) in [4.78, 5) is 0. The van der Waals surface area contributed by atoms with Gasteiger partial charge in [-0.05, 0) is 30.4 Å². The zero-order valence-electron chi connectivity index (χ0n) is 11.4. The maximum Gasteiger partial charge on any atom is 0.117 e. The minimum absolute atomic E-state index is 0.429. The molecule has 2 heteroatoms. The van der Waals surface area contributed by atoms with E-state index in [1.807, 2.05) is 0 Å². The molecule has 1 saturated carbocycles. The van der Waals surface area contributed by atoms with Gasteiger partial charge in [0.05, 0.1) is 6.54 Å². The molecular formula is C15H25NO. The van der Waals surface area contributed by atoms with Crippen molar-refractivity contribution in [1.82, 2.24) is 5.32 Å². The van der Waals surface area contributed by atoms with Gasteiger partial charge in [0.15, 0.2) is 0 Å². The molecule has 0 spiro atoms. The topological polar surface area (TPSA) is 25.2 Å². The standard InChI is InChI=1S/C15H25NO/c1-4-12-8-9-13(17-12)11-16-14-7-5-6-10-15(14,2)3/h8-9,14,16H,4-7,10-11H2,1-3H3. The lowest BCUT2D eigenvalue weighted by Crippen LogP contribution is -2.43. The minimum Gasteiger partial charge on any atom is -0.465 e. The van der Waals surface area contributed by atoms with Gasteiger partial charge in [-0.15, -0.1) is 0 Å². The van der Waals surface area contributed by atoms with Crippen molar-refractivity contribution in [1.29, 1.82) is 0 Å². The number of hydrogen-bond donors (Lipinski definition) is 1. The molecule has 1 aliphatic rings. The van der Waals surface area contributed by atoms with Crippen molar-refractivity contribution in [2.45, 2.75) is 65.5 Å². The van der Waals surface area contributed by atoms with Gasteiger partial charge in [-0.1, -0.05) is 33.6 Å². The molecule has 1 unspecified atom stereocenters. The normalized spacial score (nSPS) is 23.8. The first-order valence-electron chi connectivity index (χ1n) is 6.93. The van der Waals surface area contributed by atoms with Crippen LogP contribution in [0.5, 0.6) is 0 Å². The van der Waals surface area contributed by atoms with E-state index in [1.54, 1.807) is 0 Å². The Morgan fingerprint density at radius 2 is 2.06 bits per heavy atom. The number of aryl methyl sites for hydroxylation is 1. The second kappa shape index (κ2) is 5.26. The molecule has 1 N–H and O–H groups in total. The Morgan fingerprint density at radius 1 is 1.29 bits per heavy atom. The molecule has 1 atom stereocenters. The van der Waals surface area contributed by atoms with Crippen LogP contribution < -0.4 is 5.32 Å². The van der Waals surface area contributed by atoms with E-state index in [1.165, 1.54) is 25.7 Å². The van der Waals surface area contributed by atoms with Gasteiger partial charge in [0.1, 0.15) is 11.5 Å². The summed E-state index contributed by atoms with van der Waals surface area (Å²) in [5.74, 6) is 2.16. The van der Waals surface area contributed by atoms with Crippen molar-refractivity contribution in [3.63, 3.8) is 0 Å². The van der Waals surface area contributed by atoms with Crippen LogP contribution in [0.3, 0.4) is 0 Å². The maximum absolute atomic E-state index is 5.73. The summed E-state index contributed by atoms with van der Waals surface area (Å²) >= 11 is 0. The highest BCUT2D eigenvalue weighted by molar-refractivity contribution is 5.07. The third-order valence-electron chi connectivity index (χ3n) is 4.10. The van der Waals surface area contributed by atoms with E-state index in [9.17, 15) is 0 Å². The van der Waals surface area contributed by atoms with E-state index in [0.29, 0.717) is 11.5 Å². The molecule has 0 bridgehead atoms. The van der Waals surface area contributed by atoms with Crippen molar-refractivity contribution < 1.29 is 4.42 Å². The van der Waals surface area contributed by atoms with Crippen molar-refractivity contribution in [3.05, 3.63) is 23.7 Å². The number of furan rings is 1. The second-order valence-electron chi connectivity index (χ2n) is 5.89. The molecule has 1 aromatic heterocycles. The van der Waals surface area contributed by atoms with Crippen LogP contribution in [-0.2, 0) is 13.0 Å². The summed E-state index contributed by atoms with van der Waals surface area (Å²) in [6.45, 7) is 7.75. The highest BCUT2D eigenvalue weighted by Crippen LogP contribution is 2.35. The summed E-state index contributed by atoms with van der Waals surface area (Å²) < 4.78 is 5.73. The van der Waals surface area contributed by atoms with Gasteiger partial charge in [-0.25, -0.2) is 0 Å². The molecule has 2 rings (SSSR count). The third-order valence-corrected chi connectivity index (χ3v) is 4.10. The minimum atomic E-state index is 0.429. The molecule has 0 radical (unpaired) electrons. The van der Waals surface area contributed by atoms with Gasteiger partial charge in [0, 0.05) is 12.5 Å². The molecule has 2 nitrogen and oxygen atoms in total. The first kappa shape index (κ1) is 12.7. The highest BCUT2D eigenvalue weighted by atomic mass is 16.3. The molecule has 0 amide bonds. The highest BCUT2D eigenvalue weighted by Gasteiger charge is 2.31. The molecule has 0 aliphatic heterocycles. The van der Waals surface area contributed by atoms with Crippen LogP contribution >= 0.6 is 0 Å². The van der Waals surface area contributed by atoms with E-state index in [2.05, 4.69) is 38.2 Å². The quantitative estimate of drug-likeness (QED) is 0.856. The number of rotatable bonds is 4. The fourth-order valence-corrected chi connectivity index (χ4v) is 2.80. The molecule has 0 saturated heterocycles. The average Bonchev–Trinajstić information content (AvgIpc) is 2.75. The molecule has 1 aromatic rings. The molecule has 17 heavy (non-hydrogen) atoms. The van der Waals surface area contributed by atoms with Gasteiger partial charge in [0.25, 0.3) is 0 Å². The molecule has 1 fully saturated rings. The Bertz CT molecular complexity index is 354. The summed E-state index contributed by atoms with van der Waals surface area (Å²) in [5, 5.41) is 3.67. The van der Waals surface area contributed by atoms with E-state index in [-0.39, 0.29) is 0 Å². The van der Waals surface area contributed by atoms with E-state index in [0.717, 1.165) is 24.5 Å². The lowest BCUT2D eigenvalue weighted by Gasteiger charge is -2.39. The van der Waals surface area contributed by atoms with E-state index in [4.69, 9.17) is 4.42 Å². The van der Waals surface area contributed by atoms with Crippen LogP contribution in [-0.4, -0.2) is 6.04 Å². The lowest BCUT2D eigenvalue weighted by atomic mass is 9.73. The number of hydrogen-bond acceptors (Lipinski definition) is 2. The molecule has 96 valence electrons. The van der Waals surface area contributed by atoms with Crippen molar-refractivity contribution in [3.8, 4) is 0 Å². The largest absolute Gasteiger partial charge is 0.465 e. The van der Waals surface area contributed by atoms with Crippen LogP contribution in [0.1, 0.15) is 58.0 Å². The summed E-state index contributed by atoms with van der Waals surface area (Å²) in [6, 6.07) is 4.82. The van der Waals surface area contributed by atoms with Crippen LogP contribution in [0, 0.1) is 5.41 Å². The zero-order valence-corrected chi connectivity index (χ0v) is 11.4. The van der Waals surface area contributed by atoms with Crippen LogP contribution in [0.25, 0.3) is 0 Å². The number of nitrogens with one attached hydrogen (secondary N) is 1. The van der Waals surface area contributed by atoms with Crippen LogP contribution in [0.15, 0.2) is 16.5 Å². The summed E-state index contributed by atoms with van der Waals surface area (Å²) in [6.07, 6.45) is 6.36. The summed E-state index contributed by atoms with van der Waals surface area (Å²) in [7, 11) is 0. The first-order chi connectivity index (χ1) is 8.12. The Hall–Kier alpha value is -0.760. The molecule has 0 aromatic carbocycles. The lowest BCUT2D eigenvalue weighted by molar-refractivity contribution is 0.164. The molecular weight excluding hydrogens is 210 g/mol. The third kappa shape index (κ3) is 3.12. The fourth-order valence-electron chi connectivity index (χ4n) is 2.80. The Kier molecular flexibility index (Phi) is 3.93. The smallest absolute Gasteiger partial charge is 0.117 e. The van der Waals surface area contributed by atoms with Crippen LogP contribution in [0.4, 0.5) is 0 Å². The monoisotopic (exact) mass is 235 g/mol. The SMILES string of the molecule is CCc1ccc(CNC2CCCCC2(C)C)o1.